The summed E-state index contributed by atoms with van der Waals surface area (Å²) in [7, 11) is 2.86. The van der Waals surface area contributed by atoms with Crippen molar-refractivity contribution in [2.75, 3.05) is 19.6 Å². The molecule has 3 aromatic rings. The predicted molar refractivity (Wildman–Crippen MR) is 158 cm³/mol. The number of rotatable bonds is 10. The van der Waals surface area contributed by atoms with E-state index in [1.54, 1.807) is 24.3 Å². The van der Waals surface area contributed by atoms with Gasteiger partial charge in [0.15, 0.2) is 33.8 Å². The van der Waals surface area contributed by atoms with Crippen LogP contribution in [0.1, 0.15) is 23.6 Å². The van der Waals surface area contributed by atoms with Gasteiger partial charge in [0.05, 0.1) is 36.6 Å². The number of hydrazone groups is 1. The van der Waals surface area contributed by atoms with Crippen molar-refractivity contribution in [2.24, 2.45) is 10.1 Å². The van der Waals surface area contributed by atoms with Gasteiger partial charge in [0, 0.05) is 18.6 Å². The van der Waals surface area contributed by atoms with E-state index in [0.29, 0.717) is 11.3 Å². The summed E-state index contributed by atoms with van der Waals surface area (Å²) in [5.74, 6) is -0.0499. The number of phenolic OH excluding ortho intramolecular Hbond substituents is 2. The molecule has 210 valence electrons. The maximum absolute atomic E-state index is 13.5. The summed E-state index contributed by atoms with van der Waals surface area (Å²) >= 11 is 5.36. The van der Waals surface area contributed by atoms with E-state index in [1.165, 1.54) is 62.8 Å². The van der Waals surface area contributed by atoms with Crippen LogP contribution in [-0.4, -0.2) is 51.7 Å². The molecule has 4 N–H and O–H groups in total. The van der Waals surface area contributed by atoms with Crippen molar-refractivity contribution in [1.29, 1.82) is 0 Å². The van der Waals surface area contributed by atoms with Crippen molar-refractivity contribution in [3.63, 3.8) is 0 Å². The van der Waals surface area contributed by atoms with E-state index < -0.39 is 16.7 Å². The second kappa shape index (κ2) is 12.7. The Kier molecular flexibility index (Phi) is 8.89. The molecule has 0 amide bonds. The summed E-state index contributed by atoms with van der Waals surface area (Å²) in [5.41, 5.74) is 4.66. The molecule has 1 aliphatic rings. The number of anilines is 1. The molecular weight excluding hydrogens is 550 g/mol. The minimum atomic E-state index is -0.520. The Hall–Kier alpha value is -5.30. The van der Waals surface area contributed by atoms with Gasteiger partial charge < -0.3 is 25.0 Å². The normalized spacial score (nSPS) is 15.2. The van der Waals surface area contributed by atoms with Crippen molar-refractivity contribution in [3.05, 3.63) is 88.0 Å². The molecule has 0 saturated carbocycles. The molecule has 1 atom stereocenters. The minimum Gasteiger partial charge on any atom is -0.504 e. The van der Waals surface area contributed by atoms with Gasteiger partial charge in [-0.2, -0.15) is 5.10 Å². The highest BCUT2D eigenvalue weighted by atomic mass is 32.1. The maximum atomic E-state index is 13.5. The third kappa shape index (κ3) is 7.02. The SMILES string of the molecule is COc1cc(/C=C/C(=O)/C(=N\Nc2ccc([N+](=O)[O-])cc2)C2=NC(=S)NC(c3ccc(O)c(OC)c3)C2)ccc1O. The molecule has 0 radical (unpaired) electrons. The number of nitrogens with one attached hydrogen (secondary N) is 2. The van der Waals surface area contributed by atoms with Gasteiger partial charge in [0.25, 0.3) is 5.69 Å². The summed E-state index contributed by atoms with van der Waals surface area (Å²) in [6.07, 6.45) is 3.05. The molecule has 41 heavy (non-hydrogen) atoms. The highest BCUT2D eigenvalue weighted by Gasteiger charge is 2.27. The van der Waals surface area contributed by atoms with Crippen molar-refractivity contribution in [3.8, 4) is 23.0 Å². The number of carbonyl (C=O) groups excluding carboxylic acids is 1. The molecule has 4 rings (SSSR count). The van der Waals surface area contributed by atoms with Gasteiger partial charge in [-0.15, -0.1) is 0 Å². The topological polar surface area (TPSA) is 168 Å². The molecule has 1 aliphatic heterocycles. The summed E-state index contributed by atoms with van der Waals surface area (Å²) in [6.45, 7) is 0. The number of nitro groups is 1. The molecule has 12 nitrogen and oxygen atoms in total. The number of benzene rings is 3. The first kappa shape index (κ1) is 28.7. The van der Waals surface area contributed by atoms with Crippen LogP contribution in [0, 0.1) is 10.1 Å². The van der Waals surface area contributed by atoms with Crippen LogP contribution in [0.5, 0.6) is 23.0 Å². The Balaban J connectivity index is 1.67. The highest BCUT2D eigenvalue weighted by molar-refractivity contribution is 7.80. The van der Waals surface area contributed by atoms with Crippen molar-refractivity contribution in [1.82, 2.24) is 5.32 Å². The van der Waals surface area contributed by atoms with Gasteiger partial charge in [0.1, 0.15) is 0 Å². The number of ether oxygens (including phenoxy) is 2. The van der Waals surface area contributed by atoms with Crippen LogP contribution in [0.2, 0.25) is 0 Å². The Morgan fingerprint density at radius 3 is 2.41 bits per heavy atom. The number of allylic oxidation sites excluding steroid dienone is 1. The number of nitrogens with zero attached hydrogens (tertiary/aromatic N) is 3. The van der Waals surface area contributed by atoms with Gasteiger partial charge in [0.2, 0.25) is 5.78 Å². The van der Waals surface area contributed by atoms with E-state index in [2.05, 4.69) is 20.8 Å². The fourth-order valence-electron chi connectivity index (χ4n) is 3.94. The summed E-state index contributed by atoms with van der Waals surface area (Å²) in [4.78, 5) is 28.3. The van der Waals surface area contributed by atoms with Gasteiger partial charge in [-0.05, 0) is 65.8 Å². The minimum absolute atomic E-state index is 0.0238. The number of phenols is 2. The lowest BCUT2D eigenvalue weighted by molar-refractivity contribution is -0.384. The van der Waals surface area contributed by atoms with Crippen LogP contribution in [0.3, 0.4) is 0 Å². The molecule has 1 heterocycles. The lowest BCUT2D eigenvalue weighted by Crippen LogP contribution is -2.38. The number of hydrogen-bond donors (Lipinski definition) is 4. The Labute approximate surface area is 239 Å². The summed E-state index contributed by atoms with van der Waals surface area (Å²) in [5, 5.41) is 38.4. The first-order valence-corrected chi connectivity index (χ1v) is 12.5. The molecule has 0 aliphatic carbocycles. The smallest absolute Gasteiger partial charge is 0.269 e. The van der Waals surface area contributed by atoms with Crippen LogP contribution >= 0.6 is 12.2 Å². The zero-order valence-corrected chi connectivity index (χ0v) is 22.7. The quantitative estimate of drug-likeness (QED) is 0.0886. The van der Waals surface area contributed by atoms with E-state index >= 15 is 0 Å². The van der Waals surface area contributed by atoms with E-state index in [-0.39, 0.29) is 51.6 Å². The number of carbonyl (C=O) groups is 1. The largest absolute Gasteiger partial charge is 0.504 e. The van der Waals surface area contributed by atoms with Crippen LogP contribution in [0.25, 0.3) is 6.08 Å². The highest BCUT2D eigenvalue weighted by Crippen LogP contribution is 2.31. The first-order chi connectivity index (χ1) is 19.7. The molecule has 0 saturated heterocycles. The second-order valence-electron chi connectivity index (χ2n) is 8.70. The molecule has 0 fully saturated rings. The number of hydrogen-bond acceptors (Lipinski definition) is 10. The number of aliphatic imine (C=N–C) groups is 1. The standard InChI is InChI=1S/C28H25N5O7S/c1-39-25-13-16(3-10-22(25)34)4-11-24(36)27(32-31-18-6-8-19(9-7-18)33(37)38)21-15-20(29-28(41)30-21)17-5-12-23(35)26(14-17)40-2/h3-14,20,31,34-35H,15H2,1-2H3,(H,29,41)/b11-4+,32-27-. The molecular formula is C28H25N5O7S. The molecule has 0 bridgehead atoms. The average molecular weight is 576 g/mol. The molecule has 0 aromatic heterocycles. The average Bonchev–Trinajstić information content (AvgIpc) is 2.97. The Morgan fingerprint density at radius 1 is 1.10 bits per heavy atom. The lowest BCUT2D eigenvalue weighted by Gasteiger charge is -2.25. The molecule has 3 aromatic carbocycles. The van der Waals surface area contributed by atoms with Gasteiger partial charge in [-0.3, -0.25) is 20.3 Å². The van der Waals surface area contributed by atoms with E-state index in [0.717, 1.165) is 5.56 Å². The third-order valence-corrected chi connectivity index (χ3v) is 6.26. The van der Waals surface area contributed by atoms with Crippen LogP contribution in [-0.2, 0) is 4.79 Å². The third-order valence-electron chi connectivity index (χ3n) is 6.05. The van der Waals surface area contributed by atoms with Crippen molar-refractivity contribution >= 4 is 52.0 Å². The number of nitro benzene ring substituents is 1. The zero-order valence-electron chi connectivity index (χ0n) is 21.9. The van der Waals surface area contributed by atoms with E-state index in [4.69, 9.17) is 21.7 Å². The van der Waals surface area contributed by atoms with Crippen LogP contribution in [0.4, 0.5) is 11.4 Å². The maximum Gasteiger partial charge on any atom is 0.269 e. The summed E-state index contributed by atoms with van der Waals surface area (Å²) < 4.78 is 10.3. The summed E-state index contributed by atoms with van der Waals surface area (Å²) in [6, 6.07) is 14.6. The van der Waals surface area contributed by atoms with E-state index in [9.17, 15) is 25.1 Å². The number of aromatic hydroxyl groups is 2. The van der Waals surface area contributed by atoms with Crippen LogP contribution in [0.15, 0.2) is 76.8 Å². The lowest BCUT2D eigenvalue weighted by atomic mass is 9.95. The van der Waals surface area contributed by atoms with Gasteiger partial charge in [-0.1, -0.05) is 18.2 Å². The number of thiocarbonyl (C=S) groups is 1. The molecule has 13 heteroatoms. The number of ketones is 1. The van der Waals surface area contributed by atoms with E-state index in [1.807, 2.05) is 0 Å². The van der Waals surface area contributed by atoms with Gasteiger partial charge >= 0.3 is 0 Å². The van der Waals surface area contributed by atoms with Crippen LogP contribution < -0.4 is 20.2 Å². The predicted octanol–water partition coefficient (Wildman–Crippen LogP) is 4.53. The Morgan fingerprint density at radius 2 is 1.76 bits per heavy atom. The fraction of sp³-hybridized carbons (Fsp3) is 0.143. The van der Waals surface area contributed by atoms with Crippen molar-refractivity contribution < 1.29 is 29.4 Å². The second-order valence-corrected chi connectivity index (χ2v) is 9.09. The van der Waals surface area contributed by atoms with Crippen molar-refractivity contribution in [2.45, 2.75) is 12.5 Å². The van der Waals surface area contributed by atoms with Gasteiger partial charge in [-0.25, -0.2) is 4.99 Å². The fourth-order valence-corrected chi connectivity index (χ4v) is 4.20. The Bertz CT molecular complexity index is 1590. The molecule has 0 spiro atoms. The number of methoxy groups -OCH3 is 2. The first-order valence-electron chi connectivity index (χ1n) is 12.1. The zero-order chi connectivity index (χ0) is 29.5. The number of non-ortho nitro benzene ring substituents is 1. The monoisotopic (exact) mass is 575 g/mol. The molecule has 1 unspecified atom stereocenters.